The van der Waals surface area contributed by atoms with Crippen LogP contribution in [-0.4, -0.2) is 29.6 Å². The van der Waals surface area contributed by atoms with Gasteiger partial charge in [-0.05, 0) is 43.4 Å². The van der Waals surface area contributed by atoms with Crippen LogP contribution in [-0.2, 0) is 9.84 Å². The van der Waals surface area contributed by atoms with Gasteiger partial charge < -0.3 is 5.32 Å². The predicted octanol–water partition coefficient (Wildman–Crippen LogP) is 3.38. The molecule has 26 heavy (non-hydrogen) atoms. The lowest BCUT2D eigenvalue weighted by atomic mass is 10.4. The number of halogens is 1. The summed E-state index contributed by atoms with van der Waals surface area (Å²) in [4.78, 5) is 12.4. The summed E-state index contributed by atoms with van der Waals surface area (Å²) < 4.78 is 25.1. The maximum absolute atomic E-state index is 12.6. The zero-order valence-corrected chi connectivity index (χ0v) is 16.1. The molecule has 1 N–H and O–H groups in total. The first kappa shape index (κ1) is 18.6. The van der Waals surface area contributed by atoms with E-state index in [1.807, 2.05) is 6.26 Å². The van der Waals surface area contributed by atoms with E-state index in [9.17, 15) is 13.7 Å². The topological polar surface area (TPSA) is 109 Å². The van der Waals surface area contributed by atoms with E-state index in [1.165, 1.54) is 36.0 Å². The Morgan fingerprint density at radius 1 is 1.31 bits per heavy atom. The minimum atomic E-state index is -3.97. The van der Waals surface area contributed by atoms with E-state index in [2.05, 4.69) is 20.3 Å². The van der Waals surface area contributed by atoms with Gasteiger partial charge in [-0.15, -0.1) is 0 Å². The number of allylic oxidation sites excluding steroid dienone is 1. The van der Waals surface area contributed by atoms with E-state index >= 15 is 0 Å². The summed E-state index contributed by atoms with van der Waals surface area (Å²) in [5.41, 5.74) is 0. The maximum atomic E-state index is 12.6. The minimum absolute atomic E-state index is 0.0179. The first-order valence-corrected chi connectivity index (χ1v) is 10.7. The number of nitriles is 1. The van der Waals surface area contributed by atoms with Crippen molar-refractivity contribution in [1.29, 1.82) is 5.26 Å². The number of aromatic nitrogens is 3. The molecule has 10 heteroatoms. The summed E-state index contributed by atoms with van der Waals surface area (Å²) in [6.07, 6.45) is 5.00. The number of anilines is 1. The SMILES string of the molecule is CSc1nc(NC=C(C#N)S(=O)(=O)c2ccc(Cl)cc2)nc(C2CC2)n1. The molecule has 0 atom stereocenters. The van der Waals surface area contributed by atoms with Crippen molar-refractivity contribution in [3.63, 3.8) is 0 Å². The predicted molar refractivity (Wildman–Crippen MR) is 99.5 cm³/mol. The fraction of sp³-hybridized carbons (Fsp3) is 0.250. The van der Waals surface area contributed by atoms with Crippen LogP contribution in [0.5, 0.6) is 0 Å². The van der Waals surface area contributed by atoms with Gasteiger partial charge in [0.05, 0.1) is 4.90 Å². The van der Waals surface area contributed by atoms with Crippen LogP contribution in [0.15, 0.2) is 45.4 Å². The smallest absolute Gasteiger partial charge is 0.231 e. The Morgan fingerprint density at radius 3 is 2.58 bits per heavy atom. The summed E-state index contributed by atoms with van der Waals surface area (Å²) in [6, 6.07) is 7.31. The van der Waals surface area contributed by atoms with Gasteiger partial charge in [0.15, 0.2) is 10.1 Å². The molecule has 1 aromatic heterocycles. The van der Waals surface area contributed by atoms with Crippen LogP contribution in [0, 0.1) is 11.3 Å². The van der Waals surface area contributed by atoms with Crippen LogP contribution in [0.2, 0.25) is 5.02 Å². The van der Waals surface area contributed by atoms with E-state index in [4.69, 9.17) is 11.6 Å². The molecule has 1 aromatic carbocycles. The van der Waals surface area contributed by atoms with E-state index in [0.29, 0.717) is 21.9 Å². The largest absolute Gasteiger partial charge is 0.329 e. The zero-order valence-electron chi connectivity index (χ0n) is 13.7. The van der Waals surface area contributed by atoms with Gasteiger partial charge >= 0.3 is 0 Å². The molecule has 0 bridgehead atoms. The van der Waals surface area contributed by atoms with Crippen molar-refractivity contribution in [1.82, 2.24) is 15.0 Å². The Morgan fingerprint density at radius 2 is 2.00 bits per heavy atom. The summed E-state index contributed by atoms with van der Waals surface area (Å²) >= 11 is 7.15. The Kier molecular flexibility index (Phi) is 5.46. The molecule has 0 unspecified atom stereocenters. The van der Waals surface area contributed by atoms with Gasteiger partial charge in [0.25, 0.3) is 0 Å². The number of nitrogens with one attached hydrogen (secondary N) is 1. The van der Waals surface area contributed by atoms with Gasteiger partial charge in [0.2, 0.25) is 15.8 Å². The highest BCUT2D eigenvalue weighted by atomic mass is 35.5. The monoisotopic (exact) mass is 407 g/mol. The van der Waals surface area contributed by atoms with Crippen molar-refractivity contribution >= 4 is 39.1 Å². The normalized spacial score (nSPS) is 14.7. The van der Waals surface area contributed by atoms with Gasteiger partial charge in [-0.1, -0.05) is 23.4 Å². The third-order valence-electron chi connectivity index (χ3n) is 3.61. The van der Waals surface area contributed by atoms with Crippen molar-refractivity contribution < 1.29 is 8.42 Å². The molecule has 134 valence electrons. The molecule has 0 radical (unpaired) electrons. The Hall–Kier alpha value is -2.15. The van der Waals surface area contributed by atoms with Crippen molar-refractivity contribution in [2.45, 2.75) is 28.8 Å². The molecule has 3 rings (SSSR count). The van der Waals surface area contributed by atoms with Crippen LogP contribution in [0.4, 0.5) is 5.95 Å². The molecular weight excluding hydrogens is 394 g/mol. The Bertz CT molecular complexity index is 996. The van der Waals surface area contributed by atoms with Crippen LogP contribution in [0.1, 0.15) is 24.6 Å². The van der Waals surface area contributed by atoms with Crippen LogP contribution >= 0.6 is 23.4 Å². The highest BCUT2D eigenvalue weighted by molar-refractivity contribution is 7.98. The van der Waals surface area contributed by atoms with Gasteiger partial charge in [-0.25, -0.2) is 13.4 Å². The molecule has 1 aliphatic carbocycles. The molecule has 1 aliphatic rings. The van der Waals surface area contributed by atoms with Crippen molar-refractivity contribution in [3.05, 3.63) is 46.2 Å². The van der Waals surface area contributed by atoms with Crippen LogP contribution < -0.4 is 5.32 Å². The second-order valence-electron chi connectivity index (χ2n) is 5.50. The van der Waals surface area contributed by atoms with Crippen molar-refractivity contribution in [2.24, 2.45) is 0 Å². The van der Waals surface area contributed by atoms with Crippen molar-refractivity contribution in [2.75, 3.05) is 11.6 Å². The van der Waals surface area contributed by atoms with E-state index in [0.717, 1.165) is 19.0 Å². The molecule has 0 saturated heterocycles. The maximum Gasteiger partial charge on any atom is 0.231 e. The molecule has 0 amide bonds. The number of rotatable bonds is 6. The first-order chi connectivity index (χ1) is 12.4. The number of hydrogen-bond acceptors (Lipinski definition) is 8. The number of sulfone groups is 1. The minimum Gasteiger partial charge on any atom is -0.329 e. The van der Waals surface area contributed by atoms with Gasteiger partial charge in [-0.2, -0.15) is 15.2 Å². The average Bonchev–Trinajstić information content (AvgIpc) is 3.47. The first-order valence-electron chi connectivity index (χ1n) is 7.61. The molecule has 7 nitrogen and oxygen atoms in total. The summed E-state index contributed by atoms with van der Waals surface area (Å²) in [6.45, 7) is 0. The van der Waals surface area contributed by atoms with E-state index in [1.54, 1.807) is 6.07 Å². The zero-order chi connectivity index (χ0) is 18.7. The van der Waals surface area contributed by atoms with E-state index < -0.39 is 14.7 Å². The fourth-order valence-electron chi connectivity index (χ4n) is 2.09. The molecular formula is C16H14ClN5O2S2. The summed E-state index contributed by atoms with van der Waals surface area (Å²) in [5.74, 6) is 1.21. The highest BCUT2D eigenvalue weighted by Crippen LogP contribution is 2.38. The molecule has 2 aromatic rings. The second kappa shape index (κ2) is 7.61. The third kappa shape index (κ3) is 4.15. The quantitative estimate of drug-likeness (QED) is 0.573. The summed E-state index contributed by atoms with van der Waals surface area (Å²) in [7, 11) is -3.97. The molecule has 1 heterocycles. The lowest BCUT2D eigenvalue weighted by Gasteiger charge is -2.06. The van der Waals surface area contributed by atoms with Crippen LogP contribution in [0.3, 0.4) is 0 Å². The molecule has 1 fully saturated rings. The van der Waals surface area contributed by atoms with Crippen molar-refractivity contribution in [3.8, 4) is 6.07 Å². The Labute approximate surface area is 160 Å². The highest BCUT2D eigenvalue weighted by Gasteiger charge is 2.28. The molecule has 0 aliphatic heterocycles. The third-order valence-corrected chi connectivity index (χ3v) is 6.09. The number of nitrogens with zero attached hydrogens (tertiary/aromatic N) is 4. The lowest BCUT2D eigenvalue weighted by Crippen LogP contribution is -2.08. The van der Waals surface area contributed by atoms with Gasteiger partial charge in [0.1, 0.15) is 11.9 Å². The van der Waals surface area contributed by atoms with Gasteiger partial charge in [-0.3, -0.25) is 0 Å². The molecule has 1 saturated carbocycles. The van der Waals surface area contributed by atoms with E-state index in [-0.39, 0.29) is 10.8 Å². The fourth-order valence-corrected chi connectivity index (χ4v) is 3.66. The summed E-state index contributed by atoms with van der Waals surface area (Å²) in [5, 5.41) is 13.0. The second-order valence-corrected chi connectivity index (χ2v) is 8.63. The molecule has 0 spiro atoms. The average molecular weight is 408 g/mol. The number of hydrogen-bond donors (Lipinski definition) is 1. The standard InChI is InChI=1S/C16H14ClN5O2S2/c1-25-16-21-14(10-2-3-10)20-15(22-16)19-9-13(8-18)26(23,24)12-6-4-11(17)5-7-12/h4-7,9-10H,2-3H2,1H3,(H,19,20,21,22). The number of benzene rings is 1. The van der Waals surface area contributed by atoms with Gasteiger partial charge in [0, 0.05) is 17.1 Å². The number of thioether (sulfide) groups is 1. The van der Waals surface area contributed by atoms with Crippen LogP contribution in [0.25, 0.3) is 0 Å². The Balaban J connectivity index is 1.89. The lowest BCUT2D eigenvalue weighted by molar-refractivity contribution is 0.603.